The highest BCUT2D eigenvalue weighted by atomic mass is 16.5. The van der Waals surface area contributed by atoms with Gasteiger partial charge < -0.3 is 4.74 Å². The van der Waals surface area contributed by atoms with Crippen molar-refractivity contribution >= 4 is 0 Å². The van der Waals surface area contributed by atoms with Crippen molar-refractivity contribution in [2.24, 2.45) is 11.8 Å². The van der Waals surface area contributed by atoms with Crippen molar-refractivity contribution in [3.8, 4) is 5.75 Å². The predicted molar refractivity (Wildman–Crippen MR) is 115 cm³/mol. The van der Waals surface area contributed by atoms with Gasteiger partial charge in [-0.1, -0.05) is 84.4 Å². The Morgan fingerprint density at radius 2 is 1.35 bits per heavy atom. The van der Waals surface area contributed by atoms with Gasteiger partial charge in [0.05, 0.1) is 0 Å². The Balaban J connectivity index is 2.57. The second kappa shape index (κ2) is 15.1. The molecule has 0 amide bonds. The number of para-hydroxylation sites is 1. The van der Waals surface area contributed by atoms with Gasteiger partial charge in [0.2, 0.25) is 0 Å². The van der Waals surface area contributed by atoms with Gasteiger partial charge in [-0.3, -0.25) is 4.90 Å². The van der Waals surface area contributed by atoms with E-state index in [0.29, 0.717) is 0 Å². The maximum absolute atomic E-state index is 5.99. The Morgan fingerprint density at radius 3 is 1.81 bits per heavy atom. The van der Waals surface area contributed by atoms with Crippen molar-refractivity contribution < 1.29 is 4.74 Å². The summed E-state index contributed by atoms with van der Waals surface area (Å²) in [5.74, 6) is 2.65. The number of unbranched alkanes of at least 4 members (excludes halogenated alkanes) is 2. The summed E-state index contributed by atoms with van der Waals surface area (Å²) in [5, 5.41) is 0. The third kappa shape index (κ3) is 10.2. The molecule has 1 rings (SSSR count). The van der Waals surface area contributed by atoms with Crippen molar-refractivity contribution in [1.29, 1.82) is 0 Å². The summed E-state index contributed by atoms with van der Waals surface area (Å²) in [6, 6.07) is 10.2. The van der Waals surface area contributed by atoms with Gasteiger partial charge in [0.25, 0.3) is 0 Å². The number of benzene rings is 1. The molecule has 0 saturated heterocycles. The molecule has 2 unspecified atom stereocenters. The van der Waals surface area contributed by atoms with Crippen LogP contribution in [0, 0.1) is 11.8 Å². The van der Waals surface area contributed by atoms with Crippen molar-refractivity contribution in [2.75, 3.05) is 26.2 Å². The van der Waals surface area contributed by atoms with Gasteiger partial charge in [-0.05, 0) is 36.8 Å². The maximum atomic E-state index is 5.99. The van der Waals surface area contributed by atoms with Crippen molar-refractivity contribution in [1.82, 2.24) is 4.90 Å². The highest BCUT2D eigenvalue weighted by molar-refractivity contribution is 5.20. The first-order valence-corrected chi connectivity index (χ1v) is 11.1. The molecule has 1 aromatic carbocycles. The van der Waals surface area contributed by atoms with Crippen LogP contribution in [-0.2, 0) is 0 Å². The summed E-state index contributed by atoms with van der Waals surface area (Å²) in [4.78, 5) is 2.69. The maximum Gasteiger partial charge on any atom is 0.119 e. The largest absolute Gasteiger partial charge is 0.492 e. The molecule has 0 N–H and O–H groups in total. The molecule has 0 radical (unpaired) electrons. The summed E-state index contributed by atoms with van der Waals surface area (Å²) in [6.07, 6.45) is 10.7. The molecule has 0 aromatic heterocycles. The highest BCUT2D eigenvalue weighted by Gasteiger charge is 2.17. The second-order valence-electron chi connectivity index (χ2n) is 7.75. The molecule has 0 fully saturated rings. The van der Waals surface area contributed by atoms with Crippen molar-refractivity contribution in [3.63, 3.8) is 0 Å². The van der Waals surface area contributed by atoms with E-state index in [9.17, 15) is 0 Å². The molecule has 2 heteroatoms. The molecule has 0 bridgehead atoms. The van der Waals surface area contributed by atoms with Crippen LogP contribution >= 0.6 is 0 Å². The average Bonchev–Trinajstić information content (AvgIpc) is 2.68. The van der Waals surface area contributed by atoms with Crippen LogP contribution in [0.5, 0.6) is 5.75 Å². The summed E-state index contributed by atoms with van der Waals surface area (Å²) >= 11 is 0. The number of nitrogens with zero attached hydrogens (tertiary/aromatic N) is 1. The van der Waals surface area contributed by atoms with Gasteiger partial charge in [-0.25, -0.2) is 0 Å². The zero-order valence-corrected chi connectivity index (χ0v) is 17.9. The van der Waals surface area contributed by atoms with Gasteiger partial charge in [-0.15, -0.1) is 0 Å². The molecule has 2 nitrogen and oxygen atoms in total. The SMILES string of the molecule is CCCCC(CC)CN(CCOc1ccccc1)CC(CC)CCCC. The third-order valence-electron chi connectivity index (χ3n) is 5.54. The lowest BCUT2D eigenvalue weighted by Gasteiger charge is -2.30. The van der Waals surface area contributed by atoms with E-state index < -0.39 is 0 Å². The van der Waals surface area contributed by atoms with Gasteiger partial charge in [0, 0.05) is 19.6 Å². The molecule has 0 aliphatic heterocycles. The average molecular weight is 362 g/mol. The standard InChI is InChI=1S/C24H43NO/c1-5-9-14-22(7-3)20-25(21-23(8-4)15-10-6-2)18-19-26-24-16-12-11-13-17-24/h11-13,16-17,22-23H,5-10,14-15,18-21H2,1-4H3. The molecular formula is C24H43NO. The zero-order chi connectivity index (χ0) is 19.0. The molecule has 0 saturated carbocycles. The zero-order valence-electron chi connectivity index (χ0n) is 17.9. The lowest BCUT2D eigenvalue weighted by atomic mass is 9.96. The van der Waals surface area contributed by atoms with E-state index in [1.54, 1.807) is 0 Å². The number of hydrogen-bond acceptors (Lipinski definition) is 2. The molecule has 0 heterocycles. The summed E-state index contributed by atoms with van der Waals surface area (Å²) in [7, 11) is 0. The molecular weight excluding hydrogens is 318 g/mol. The second-order valence-corrected chi connectivity index (χ2v) is 7.75. The minimum absolute atomic E-state index is 0.790. The van der Waals surface area contributed by atoms with Crippen LogP contribution in [0.25, 0.3) is 0 Å². The molecule has 2 atom stereocenters. The van der Waals surface area contributed by atoms with Crippen molar-refractivity contribution in [3.05, 3.63) is 30.3 Å². The van der Waals surface area contributed by atoms with Crippen molar-refractivity contribution in [2.45, 2.75) is 79.1 Å². The first kappa shape index (κ1) is 23.0. The van der Waals surface area contributed by atoms with Gasteiger partial charge in [-0.2, -0.15) is 0 Å². The molecule has 0 aliphatic rings. The van der Waals surface area contributed by atoms with Gasteiger partial charge >= 0.3 is 0 Å². The van der Waals surface area contributed by atoms with E-state index >= 15 is 0 Å². The summed E-state index contributed by atoms with van der Waals surface area (Å²) in [6.45, 7) is 13.6. The topological polar surface area (TPSA) is 12.5 Å². The predicted octanol–water partition coefficient (Wildman–Crippen LogP) is 6.80. The molecule has 0 spiro atoms. The van der Waals surface area contributed by atoms with E-state index in [4.69, 9.17) is 4.74 Å². The van der Waals surface area contributed by atoms with E-state index in [1.807, 2.05) is 18.2 Å². The first-order chi connectivity index (χ1) is 12.7. The molecule has 26 heavy (non-hydrogen) atoms. The minimum Gasteiger partial charge on any atom is -0.492 e. The van der Waals surface area contributed by atoms with Crippen LogP contribution in [0.3, 0.4) is 0 Å². The van der Waals surface area contributed by atoms with E-state index in [1.165, 1.54) is 64.5 Å². The molecule has 0 aliphatic carbocycles. The molecule has 150 valence electrons. The van der Waals surface area contributed by atoms with Crippen LogP contribution in [0.2, 0.25) is 0 Å². The Morgan fingerprint density at radius 1 is 0.808 bits per heavy atom. The van der Waals surface area contributed by atoms with E-state index in [2.05, 4.69) is 44.7 Å². The smallest absolute Gasteiger partial charge is 0.119 e. The third-order valence-corrected chi connectivity index (χ3v) is 5.54. The highest BCUT2D eigenvalue weighted by Crippen LogP contribution is 2.19. The Labute approximate surface area is 163 Å². The van der Waals surface area contributed by atoms with Crippen LogP contribution in [0.4, 0.5) is 0 Å². The lowest BCUT2D eigenvalue weighted by Crippen LogP contribution is -2.37. The fraction of sp³-hybridized carbons (Fsp3) is 0.750. The summed E-state index contributed by atoms with van der Waals surface area (Å²) < 4.78 is 5.99. The first-order valence-electron chi connectivity index (χ1n) is 11.1. The van der Waals surface area contributed by atoms with E-state index in [-0.39, 0.29) is 0 Å². The minimum atomic E-state index is 0.790. The Bertz CT molecular complexity index is 401. The number of hydrogen-bond donors (Lipinski definition) is 0. The monoisotopic (exact) mass is 361 g/mol. The van der Waals surface area contributed by atoms with Crippen LogP contribution in [0.15, 0.2) is 30.3 Å². The van der Waals surface area contributed by atoms with Gasteiger partial charge in [0.15, 0.2) is 0 Å². The normalized spacial score (nSPS) is 13.7. The number of ether oxygens (including phenoxy) is 1. The fourth-order valence-electron chi connectivity index (χ4n) is 3.63. The van der Waals surface area contributed by atoms with Crippen LogP contribution in [0.1, 0.15) is 79.1 Å². The Hall–Kier alpha value is -1.02. The fourth-order valence-corrected chi connectivity index (χ4v) is 3.63. The Kier molecular flexibility index (Phi) is 13.4. The van der Waals surface area contributed by atoms with Gasteiger partial charge in [0.1, 0.15) is 12.4 Å². The van der Waals surface area contributed by atoms with E-state index in [0.717, 1.165) is 30.7 Å². The quantitative estimate of drug-likeness (QED) is 0.321. The number of rotatable bonds is 16. The summed E-state index contributed by atoms with van der Waals surface area (Å²) in [5.41, 5.74) is 0. The molecule has 1 aromatic rings. The van der Waals surface area contributed by atoms with Crippen LogP contribution < -0.4 is 4.74 Å². The lowest BCUT2D eigenvalue weighted by molar-refractivity contribution is 0.152. The van der Waals surface area contributed by atoms with Crippen LogP contribution in [-0.4, -0.2) is 31.1 Å².